The molecule has 0 spiro atoms. The number of amides is 1. The molecule has 0 radical (unpaired) electrons. The van der Waals surface area contributed by atoms with Gasteiger partial charge < -0.3 is 10.1 Å². The van der Waals surface area contributed by atoms with Gasteiger partial charge in [-0.1, -0.05) is 32.6 Å². The Morgan fingerprint density at radius 1 is 1.45 bits per heavy atom. The van der Waals surface area contributed by atoms with E-state index in [-0.39, 0.29) is 11.9 Å². The fraction of sp³-hybridized carbons (Fsp3) is 0.308. The summed E-state index contributed by atoms with van der Waals surface area (Å²) in [6, 6.07) is 7.55. The number of nitrogens with zero attached hydrogens (tertiary/aromatic N) is 2. The van der Waals surface area contributed by atoms with Gasteiger partial charge in [0.1, 0.15) is 10.6 Å². The smallest absolute Gasteiger partial charge is 0.265 e. The van der Waals surface area contributed by atoms with Crippen LogP contribution in [0.25, 0.3) is 11.3 Å². The third-order valence-electron chi connectivity index (χ3n) is 2.61. The van der Waals surface area contributed by atoms with E-state index in [0.717, 1.165) is 21.6 Å². The van der Waals surface area contributed by atoms with Crippen LogP contribution < -0.4 is 5.32 Å². The number of methoxy groups -OCH3 is 1. The molecule has 0 aliphatic carbocycles. The number of benzene rings is 1. The largest absolute Gasteiger partial charge is 0.383 e. The van der Waals surface area contributed by atoms with Crippen LogP contribution in [0.5, 0.6) is 0 Å². The van der Waals surface area contributed by atoms with Gasteiger partial charge in [-0.05, 0) is 30.6 Å². The second-order valence-corrected chi connectivity index (χ2v) is 5.96. The predicted octanol–water partition coefficient (Wildman–Crippen LogP) is 2.73. The molecule has 1 atom stereocenters. The standard InChI is InChI=1S/C13H14BrN3O2S/c1-8(7-19-2)15-13(18)12-11(16-17-20-12)9-3-5-10(14)6-4-9/h3-6,8H,7H2,1-2H3,(H,15,18)/t8-/m0/s1. The molecule has 1 heterocycles. The van der Waals surface area contributed by atoms with Crippen LogP contribution in [0.4, 0.5) is 0 Å². The van der Waals surface area contributed by atoms with Crippen molar-refractivity contribution < 1.29 is 9.53 Å². The first-order valence-corrected chi connectivity index (χ1v) is 7.56. The van der Waals surface area contributed by atoms with Gasteiger partial charge in [0.05, 0.1) is 6.61 Å². The minimum absolute atomic E-state index is 0.0626. The molecule has 0 unspecified atom stereocenters. The molecule has 0 saturated carbocycles. The fourth-order valence-electron chi connectivity index (χ4n) is 1.72. The summed E-state index contributed by atoms with van der Waals surface area (Å²) in [6.07, 6.45) is 0. The van der Waals surface area contributed by atoms with Crippen molar-refractivity contribution in [1.29, 1.82) is 0 Å². The van der Waals surface area contributed by atoms with Gasteiger partial charge >= 0.3 is 0 Å². The van der Waals surface area contributed by atoms with E-state index in [9.17, 15) is 4.79 Å². The van der Waals surface area contributed by atoms with E-state index in [4.69, 9.17) is 4.74 Å². The Bertz CT molecular complexity index is 586. The molecular weight excluding hydrogens is 342 g/mol. The lowest BCUT2D eigenvalue weighted by Gasteiger charge is -2.12. The fourth-order valence-corrected chi connectivity index (χ4v) is 2.57. The van der Waals surface area contributed by atoms with Gasteiger partial charge in [0.2, 0.25) is 0 Å². The zero-order valence-electron chi connectivity index (χ0n) is 11.1. The summed E-state index contributed by atoms with van der Waals surface area (Å²) in [5.74, 6) is -0.178. The van der Waals surface area contributed by atoms with E-state index in [2.05, 4.69) is 30.8 Å². The Labute approximate surface area is 129 Å². The highest BCUT2D eigenvalue weighted by atomic mass is 79.9. The quantitative estimate of drug-likeness (QED) is 0.895. The maximum atomic E-state index is 12.2. The number of rotatable bonds is 5. The van der Waals surface area contributed by atoms with E-state index in [1.807, 2.05) is 31.2 Å². The van der Waals surface area contributed by atoms with Gasteiger partial charge in [0, 0.05) is 23.2 Å². The van der Waals surface area contributed by atoms with Crippen LogP contribution in [-0.4, -0.2) is 35.3 Å². The minimum atomic E-state index is -0.178. The van der Waals surface area contributed by atoms with E-state index in [1.54, 1.807) is 7.11 Å². The van der Waals surface area contributed by atoms with Crippen LogP contribution >= 0.6 is 27.5 Å². The lowest BCUT2D eigenvalue weighted by molar-refractivity contribution is 0.0910. The van der Waals surface area contributed by atoms with Gasteiger partial charge in [0.15, 0.2) is 0 Å². The summed E-state index contributed by atoms with van der Waals surface area (Å²) in [5, 5.41) is 6.91. The number of hydrogen-bond donors (Lipinski definition) is 1. The second-order valence-electron chi connectivity index (χ2n) is 4.29. The molecule has 0 aliphatic rings. The molecular formula is C13H14BrN3O2S. The molecule has 0 saturated heterocycles. The first kappa shape index (κ1) is 15.1. The third-order valence-corrected chi connectivity index (χ3v) is 3.86. The number of carbonyl (C=O) groups is 1. The molecule has 1 N–H and O–H groups in total. The van der Waals surface area contributed by atoms with Gasteiger partial charge in [-0.3, -0.25) is 4.79 Å². The van der Waals surface area contributed by atoms with Crippen molar-refractivity contribution in [2.75, 3.05) is 13.7 Å². The lowest BCUT2D eigenvalue weighted by Crippen LogP contribution is -2.35. The number of halogens is 1. The van der Waals surface area contributed by atoms with Crippen LogP contribution in [0.3, 0.4) is 0 Å². The van der Waals surface area contributed by atoms with Crippen LogP contribution in [0.2, 0.25) is 0 Å². The molecule has 7 heteroatoms. The highest BCUT2D eigenvalue weighted by molar-refractivity contribution is 9.10. The lowest BCUT2D eigenvalue weighted by atomic mass is 10.1. The number of carbonyl (C=O) groups excluding carboxylic acids is 1. The van der Waals surface area contributed by atoms with Crippen molar-refractivity contribution in [3.8, 4) is 11.3 Å². The average molecular weight is 356 g/mol. The van der Waals surface area contributed by atoms with Crippen molar-refractivity contribution in [3.05, 3.63) is 33.6 Å². The summed E-state index contributed by atoms with van der Waals surface area (Å²) < 4.78 is 9.86. The Balaban J connectivity index is 2.20. The molecule has 0 fully saturated rings. The highest BCUT2D eigenvalue weighted by Gasteiger charge is 2.19. The first-order valence-electron chi connectivity index (χ1n) is 6.00. The average Bonchev–Trinajstić information content (AvgIpc) is 2.89. The molecule has 1 amide bonds. The van der Waals surface area contributed by atoms with Crippen LogP contribution in [0, 0.1) is 0 Å². The van der Waals surface area contributed by atoms with Crippen molar-refractivity contribution >= 4 is 33.4 Å². The van der Waals surface area contributed by atoms with Crippen molar-refractivity contribution in [1.82, 2.24) is 14.9 Å². The number of nitrogens with one attached hydrogen (secondary N) is 1. The number of hydrogen-bond acceptors (Lipinski definition) is 5. The van der Waals surface area contributed by atoms with Gasteiger partial charge in [-0.25, -0.2) is 0 Å². The van der Waals surface area contributed by atoms with Gasteiger partial charge in [-0.15, -0.1) is 5.10 Å². The van der Waals surface area contributed by atoms with E-state index < -0.39 is 0 Å². The van der Waals surface area contributed by atoms with Crippen molar-refractivity contribution in [3.63, 3.8) is 0 Å². The van der Waals surface area contributed by atoms with E-state index in [1.165, 1.54) is 0 Å². The molecule has 1 aromatic carbocycles. The number of aromatic nitrogens is 2. The van der Waals surface area contributed by atoms with Crippen molar-refractivity contribution in [2.45, 2.75) is 13.0 Å². The second kappa shape index (κ2) is 6.92. The molecule has 2 aromatic rings. The molecule has 5 nitrogen and oxygen atoms in total. The first-order chi connectivity index (χ1) is 9.61. The van der Waals surface area contributed by atoms with Gasteiger partial charge in [-0.2, -0.15) is 0 Å². The molecule has 1 aromatic heterocycles. The zero-order valence-corrected chi connectivity index (χ0v) is 13.5. The third kappa shape index (κ3) is 3.62. The Morgan fingerprint density at radius 3 is 2.80 bits per heavy atom. The Kier molecular flexibility index (Phi) is 5.22. The number of ether oxygens (including phenoxy) is 1. The normalized spacial score (nSPS) is 12.2. The zero-order chi connectivity index (χ0) is 14.5. The Morgan fingerprint density at radius 2 is 2.15 bits per heavy atom. The SMILES string of the molecule is COC[C@H](C)NC(=O)c1snnc1-c1ccc(Br)cc1. The Hall–Kier alpha value is -1.31. The predicted molar refractivity (Wildman–Crippen MR) is 81.8 cm³/mol. The summed E-state index contributed by atoms with van der Waals surface area (Å²) in [4.78, 5) is 12.7. The highest BCUT2D eigenvalue weighted by Crippen LogP contribution is 2.25. The molecule has 2 rings (SSSR count). The van der Waals surface area contributed by atoms with Crippen LogP contribution in [0.1, 0.15) is 16.6 Å². The summed E-state index contributed by atoms with van der Waals surface area (Å²) in [7, 11) is 1.60. The van der Waals surface area contributed by atoms with Gasteiger partial charge in [0.25, 0.3) is 5.91 Å². The summed E-state index contributed by atoms with van der Waals surface area (Å²) in [6.45, 7) is 2.35. The molecule has 106 valence electrons. The maximum absolute atomic E-state index is 12.2. The summed E-state index contributed by atoms with van der Waals surface area (Å²) in [5.41, 5.74) is 1.47. The van der Waals surface area contributed by atoms with Crippen molar-refractivity contribution in [2.24, 2.45) is 0 Å². The van der Waals surface area contributed by atoms with Crippen LogP contribution in [0.15, 0.2) is 28.7 Å². The maximum Gasteiger partial charge on any atom is 0.265 e. The monoisotopic (exact) mass is 355 g/mol. The van der Waals surface area contributed by atoms with E-state index in [0.29, 0.717) is 17.2 Å². The summed E-state index contributed by atoms with van der Waals surface area (Å²) >= 11 is 4.47. The van der Waals surface area contributed by atoms with E-state index >= 15 is 0 Å². The molecule has 20 heavy (non-hydrogen) atoms. The topological polar surface area (TPSA) is 64.1 Å². The molecule has 0 aliphatic heterocycles. The molecule has 0 bridgehead atoms. The minimum Gasteiger partial charge on any atom is -0.383 e. The van der Waals surface area contributed by atoms with Crippen LogP contribution in [-0.2, 0) is 4.74 Å².